The van der Waals surface area contributed by atoms with Crippen molar-refractivity contribution in [3.05, 3.63) is 58.7 Å². The summed E-state index contributed by atoms with van der Waals surface area (Å²) in [5.41, 5.74) is 5.61. The van der Waals surface area contributed by atoms with Crippen LogP contribution in [0.3, 0.4) is 0 Å². The monoisotopic (exact) mass is 504 g/mol. The Labute approximate surface area is 194 Å². The van der Waals surface area contributed by atoms with Gasteiger partial charge >= 0.3 is 0 Å². The molecule has 0 fully saturated rings. The van der Waals surface area contributed by atoms with E-state index in [1.165, 1.54) is 70.9 Å². The predicted octanol–water partition coefficient (Wildman–Crippen LogP) is 7.81. The van der Waals surface area contributed by atoms with Gasteiger partial charge in [0.25, 0.3) is 0 Å². The molecule has 0 saturated carbocycles. The summed E-state index contributed by atoms with van der Waals surface area (Å²) in [5.74, 6) is 0. The zero-order chi connectivity index (χ0) is 19.4. The molecule has 160 valence electrons. The van der Waals surface area contributed by atoms with Gasteiger partial charge in [-0.05, 0) is 63.5 Å². The minimum atomic E-state index is 0. The van der Waals surface area contributed by atoms with Gasteiger partial charge in [0.1, 0.15) is 0 Å². The fourth-order valence-electron chi connectivity index (χ4n) is 2.97. The Hall–Kier alpha value is 0.0700. The highest BCUT2D eigenvalue weighted by molar-refractivity contribution is 8.93. The van der Waals surface area contributed by atoms with Crippen molar-refractivity contribution in [1.29, 1.82) is 0 Å². The van der Waals surface area contributed by atoms with E-state index in [4.69, 9.17) is 0 Å². The number of rotatable bonds is 8. The van der Waals surface area contributed by atoms with E-state index in [1.807, 2.05) is 0 Å². The van der Waals surface area contributed by atoms with Gasteiger partial charge in [0.2, 0.25) is 0 Å². The molecule has 0 amide bonds. The first kappa shape index (κ1) is 30.3. The van der Waals surface area contributed by atoms with Gasteiger partial charge < -0.3 is 0 Å². The number of hydrogen-bond donors (Lipinski definition) is 0. The van der Waals surface area contributed by atoms with Crippen molar-refractivity contribution >= 4 is 57.2 Å². The summed E-state index contributed by atoms with van der Waals surface area (Å²) in [6, 6.07) is 13.8. The SMILES string of the molecule is Br.CCCCPc1cc(C)cc(C)c1.CCCCPc1cc(C)cc(C)c1.Cl. The number of aryl methyl sites for hydroxylation is 4. The summed E-state index contributed by atoms with van der Waals surface area (Å²) < 4.78 is 0. The summed E-state index contributed by atoms with van der Waals surface area (Å²) >= 11 is 0. The maximum Gasteiger partial charge on any atom is -0.0266 e. The van der Waals surface area contributed by atoms with Crippen molar-refractivity contribution in [2.24, 2.45) is 0 Å². The lowest BCUT2D eigenvalue weighted by molar-refractivity contribution is 0.895. The first-order valence-corrected chi connectivity index (χ1v) is 12.5. The molecule has 0 N–H and O–H groups in total. The van der Waals surface area contributed by atoms with E-state index in [1.54, 1.807) is 0 Å². The quantitative estimate of drug-likeness (QED) is 0.253. The van der Waals surface area contributed by atoms with E-state index in [0.29, 0.717) is 0 Å². The largest absolute Gasteiger partial charge is 0.147 e. The molecule has 2 unspecified atom stereocenters. The molecule has 0 aromatic heterocycles. The number of unbranched alkanes of at least 4 members (excludes halogenated alkanes) is 2. The Kier molecular flexibility index (Phi) is 19.3. The number of hydrogen-bond acceptors (Lipinski definition) is 0. The van der Waals surface area contributed by atoms with E-state index < -0.39 is 0 Å². The number of benzene rings is 2. The van der Waals surface area contributed by atoms with Crippen LogP contribution in [0.15, 0.2) is 36.4 Å². The lowest BCUT2D eigenvalue weighted by Gasteiger charge is -2.04. The molecule has 0 nitrogen and oxygen atoms in total. The second-order valence-corrected chi connectivity index (χ2v) is 10.2. The van der Waals surface area contributed by atoms with Gasteiger partial charge in [-0.1, -0.05) is 103 Å². The third-order valence-electron chi connectivity index (χ3n) is 4.16. The van der Waals surface area contributed by atoms with Crippen LogP contribution in [-0.4, -0.2) is 12.3 Å². The molecule has 0 spiro atoms. The van der Waals surface area contributed by atoms with Gasteiger partial charge in [-0.25, -0.2) is 0 Å². The third-order valence-corrected chi connectivity index (χ3v) is 6.76. The van der Waals surface area contributed by atoms with Crippen LogP contribution in [0.1, 0.15) is 61.8 Å². The summed E-state index contributed by atoms with van der Waals surface area (Å²) in [5, 5.41) is 3.07. The lowest BCUT2D eigenvalue weighted by atomic mass is 10.2. The van der Waals surface area contributed by atoms with Crippen molar-refractivity contribution < 1.29 is 0 Å². The van der Waals surface area contributed by atoms with Crippen molar-refractivity contribution in [3.8, 4) is 0 Å². The van der Waals surface area contributed by atoms with E-state index in [2.05, 4.69) is 77.9 Å². The topological polar surface area (TPSA) is 0 Å². The minimum Gasteiger partial charge on any atom is -0.147 e. The molecular formula is C24H40BrClP2. The predicted molar refractivity (Wildman–Crippen MR) is 145 cm³/mol. The molecule has 0 aliphatic rings. The molecule has 0 saturated heterocycles. The van der Waals surface area contributed by atoms with Crippen molar-refractivity contribution in [3.63, 3.8) is 0 Å². The zero-order valence-electron chi connectivity index (χ0n) is 18.5. The van der Waals surface area contributed by atoms with Gasteiger partial charge in [-0.15, -0.1) is 29.4 Å². The molecule has 0 bridgehead atoms. The van der Waals surface area contributed by atoms with Crippen LogP contribution in [-0.2, 0) is 0 Å². The highest BCUT2D eigenvalue weighted by Crippen LogP contribution is 2.15. The van der Waals surface area contributed by atoms with Crippen molar-refractivity contribution in [2.45, 2.75) is 67.2 Å². The molecule has 0 heterocycles. The van der Waals surface area contributed by atoms with Crippen LogP contribution in [0.4, 0.5) is 0 Å². The maximum absolute atomic E-state index is 2.32. The van der Waals surface area contributed by atoms with Gasteiger partial charge in [0.05, 0.1) is 0 Å². The molecule has 0 aliphatic heterocycles. The summed E-state index contributed by atoms with van der Waals surface area (Å²) in [7, 11) is 2.01. The molecule has 28 heavy (non-hydrogen) atoms. The average molecular weight is 506 g/mol. The molecule has 2 atom stereocenters. The van der Waals surface area contributed by atoms with Gasteiger partial charge in [0.15, 0.2) is 0 Å². The Bertz CT molecular complexity index is 561. The second kappa shape index (κ2) is 17.9. The van der Waals surface area contributed by atoms with Crippen LogP contribution < -0.4 is 10.6 Å². The molecular weight excluding hydrogens is 466 g/mol. The van der Waals surface area contributed by atoms with E-state index in [9.17, 15) is 0 Å². The first-order valence-electron chi connectivity index (χ1n) is 10.1. The van der Waals surface area contributed by atoms with Gasteiger partial charge in [-0.3, -0.25) is 0 Å². The van der Waals surface area contributed by atoms with Crippen LogP contribution >= 0.6 is 46.5 Å². The Morgan fingerprint density at radius 1 is 0.571 bits per heavy atom. The fraction of sp³-hybridized carbons (Fsp3) is 0.500. The lowest BCUT2D eigenvalue weighted by Crippen LogP contribution is -1.97. The van der Waals surface area contributed by atoms with Gasteiger partial charge in [0, 0.05) is 0 Å². The molecule has 4 heteroatoms. The summed E-state index contributed by atoms with van der Waals surface area (Å²) in [4.78, 5) is 0. The Balaban J connectivity index is 0. The van der Waals surface area contributed by atoms with Crippen LogP contribution in [0.25, 0.3) is 0 Å². The minimum absolute atomic E-state index is 0. The fourth-order valence-corrected chi connectivity index (χ4v) is 5.93. The Morgan fingerprint density at radius 2 is 0.857 bits per heavy atom. The summed E-state index contributed by atoms with van der Waals surface area (Å²) in [6.07, 6.45) is 8.09. The Morgan fingerprint density at radius 3 is 1.11 bits per heavy atom. The summed E-state index contributed by atoms with van der Waals surface area (Å²) in [6.45, 7) is 13.2. The smallest absolute Gasteiger partial charge is 0.0266 e. The first-order chi connectivity index (χ1) is 12.4. The third kappa shape index (κ3) is 14.1. The van der Waals surface area contributed by atoms with E-state index in [-0.39, 0.29) is 29.4 Å². The van der Waals surface area contributed by atoms with E-state index in [0.717, 1.165) is 17.2 Å². The van der Waals surface area contributed by atoms with Gasteiger partial charge in [-0.2, -0.15) is 0 Å². The van der Waals surface area contributed by atoms with Crippen molar-refractivity contribution in [2.75, 3.05) is 12.3 Å². The van der Waals surface area contributed by atoms with Crippen LogP contribution in [0.2, 0.25) is 0 Å². The van der Waals surface area contributed by atoms with Crippen LogP contribution in [0, 0.1) is 27.7 Å². The highest BCUT2D eigenvalue weighted by Gasteiger charge is 1.96. The normalized spacial score (nSPS) is 10.5. The van der Waals surface area contributed by atoms with Crippen LogP contribution in [0.5, 0.6) is 0 Å². The molecule has 0 aliphatic carbocycles. The molecule has 2 aromatic carbocycles. The standard InChI is InChI=1S/2C12H19P.BrH.ClH/c2*1-4-5-6-13-12-8-10(2)7-11(3)9-12;;/h2*7-9,13H,4-6H2,1-3H3;2*1H. The maximum atomic E-state index is 2.32. The molecule has 2 rings (SSSR count). The molecule has 0 radical (unpaired) electrons. The number of halogens is 2. The highest BCUT2D eigenvalue weighted by atomic mass is 79.9. The van der Waals surface area contributed by atoms with E-state index >= 15 is 0 Å². The zero-order valence-corrected chi connectivity index (χ0v) is 23.1. The average Bonchev–Trinajstić information content (AvgIpc) is 2.54. The second-order valence-electron chi connectivity index (χ2n) is 7.31. The van der Waals surface area contributed by atoms with Crippen molar-refractivity contribution in [1.82, 2.24) is 0 Å². The molecule has 2 aromatic rings.